The van der Waals surface area contributed by atoms with Crippen LogP contribution in [0.15, 0.2) is 68.3 Å². The standard InChI is InChI=1S/C18H14N4O4/c1-24-14-9-7-13(8-10-14)17-20-19-15(25-17)11-22-16(21-26-18(22)23)12-5-3-2-4-6-12/h2-10H,11H2,1H3. The minimum absolute atomic E-state index is 0.0652. The molecule has 0 aliphatic rings. The third-order valence-electron chi connectivity index (χ3n) is 3.82. The fraction of sp³-hybridized carbons (Fsp3) is 0.111. The van der Waals surface area contributed by atoms with E-state index >= 15 is 0 Å². The predicted molar refractivity (Wildman–Crippen MR) is 91.6 cm³/mol. The molecule has 0 saturated heterocycles. The Kier molecular flexibility index (Phi) is 4.06. The zero-order chi connectivity index (χ0) is 17.9. The molecule has 0 amide bonds. The van der Waals surface area contributed by atoms with E-state index in [4.69, 9.17) is 13.7 Å². The molecule has 0 unspecified atom stereocenters. The monoisotopic (exact) mass is 350 g/mol. The minimum Gasteiger partial charge on any atom is -0.497 e. The van der Waals surface area contributed by atoms with Crippen molar-refractivity contribution < 1.29 is 13.7 Å². The molecule has 26 heavy (non-hydrogen) atoms. The van der Waals surface area contributed by atoms with Gasteiger partial charge in [-0.05, 0) is 24.3 Å². The van der Waals surface area contributed by atoms with Gasteiger partial charge >= 0.3 is 5.76 Å². The van der Waals surface area contributed by atoms with Crippen LogP contribution in [0.4, 0.5) is 0 Å². The lowest BCUT2D eigenvalue weighted by atomic mass is 10.2. The van der Waals surface area contributed by atoms with Crippen molar-refractivity contribution >= 4 is 0 Å². The van der Waals surface area contributed by atoms with Crippen LogP contribution in [0.2, 0.25) is 0 Å². The fourth-order valence-electron chi connectivity index (χ4n) is 2.51. The molecule has 0 aliphatic carbocycles. The summed E-state index contributed by atoms with van der Waals surface area (Å²) in [5.74, 6) is 1.18. The quantitative estimate of drug-likeness (QED) is 0.546. The highest BCUT2D eigenvalue weighted by Crippen LogP contribution is 2.22. The van der Waals surface area contributed by atoms with Gasteiger partial charge in [0.05, 0.1) is 7.11 Å². The van der Waals surface area contributed by atoms with Crippen molar-refractivity contribution in [2.75, 3.05) is 7.11 Å². The second kappa shape index (κ2) is 6.67. The Balaban J connectivity index is 1.62. The van der Waals surface area contributed by atoms with Crippen molar-refractivity contribution in [3.8, 4) is 28.6 Å². The topological polar surface area (TPSA) is 96.2 Å². The highest BCUT2D eigenvalue weighted by Gasteiger charge is 2.16. The van der Waals surface area contributed by atoms with Crippen molar-refractivity contribution in [3.05, 3.63) is 71.0 Å². The summed E-state index contributed by atoms with van der Waals surface area (Å²) in [6, 6.07) is 16.5. The third kappa shape index (κ3) is 3.00. The van der Waals surface area contributed by atoms with E-state index in [1.165, 1.54) is 4.57 Å². The number of rotatable bonds is 5. The van der Waals surface area contributed by atoms with Gasteiger partial charge < -0.3 is 9.15 Å². The Bertz CT molecular complexity index is 1060. The van der Waals surface area contributed by atoms with E-state index in [1.54, 1.807) is 19.2 Å². The summed E-state index contributed by atoms with van der Waals surface area (Å²) in [6.45, 7) is 0.0652. The zero-order valence-corrected chi connectivity index (χ0v) is 13.8. The van der Waals surface area contributed by atoms with E-state index in [-0.39, 0.29) is 12.4 Å². The van der Waals surface area contributed by atoms with E-state index in [9.17, 15) is 4.79 Å². The molecule has 2 aromatic heterocycles. The Morgan fingerprint density at radius 1 is 1.00 bits per heavy atom. The molecule has 8 nitrogen and oxygen atoms in total. The minimum atomic E-state index is -0.590. The maximum Gasteiger partial charge on any atom is 0.442 e. The van der Waals surface area contributed by atoms with Gasteiger partial charge in [0.1, 0.15) is 12.3 Å². The summed E-state index contributed by atoms with van der Waals surface area (Å²) >= 11 is 0. The summed E-state index contributed by atoms with van der Waals surface area (Å²) in [5.41, 5.74) is 1.51. The highest BCUT2D eigenvalue weighted by atomic mass is 16.5. The van der Waals surface area contributed by atoms with Crippen molar-refractivity contribution in [2.24, 2.45) is 0 Å². The third-order valence-corrected chi connectivity index (χ3v) is 3.82. The first-order chi connectivity index (χ1) is 12.7. The molecule has 0 atom stereocenters. The maximum atomic E-state index is 12.0. The van der Waals surface area contributed by atoms with Gasteiger partial charge in [-0.3, -0.25) is 4.52 Å². The molecule has 0 N–H and O–H groups in total. The van der Waals surface area contributed by atoms with Gasteiger partial charge in [0.15, 0.2) is 5.82 Å². The second-order valence-electron chi connectivity index (χ2n) is 5.45. The molecule has 0 bridgehead atoms. The summed E-state index contributed by atoms with van der Waals surface area (Å²) in [6.07, 6.45) is 0. The largest absolute Gasteiger partial charge is 0.497 e. The molecule has 2 heterocycles. The second-order valence-corrected chi connectivity index (χ2v) is 5.45. The van der Waals surface area contributed by atoms with Gasteiger partial charge in [-0.15, -0.1) is 10.2 Å². The van der Waals surface area contributed by atoms with Crippen molar-refractivity contribution in [1.29, 1.82) is 0 Å². The molecule has 0 spiro atoms. The Morgan fingerprint density at radius 2 is 1.77 bits per heavy atom. The van der Waals surface area contributed by atoms with Crippen LogP contribution in [0, 0.1) is 0 Å². The summed E-state index contributed by atoms with van der Waals surface area (Å²) in [5, 5.41) is 11.9. The smallest absolute Gasteiger partial charge is 0.442 e. The predicted octanol–water partition coefficient (Wildman–Crippen LogP) is 2.61. The van der Waals surface area contributed by atoms with Gasteiger partial charge in [0, 0.05) is 11.1 Å². The average Bonchev–Trinajstić information content (AvgIpc) is 3.30. The van der Waals surface area contributed by atoms with E-state index in [1.807, 2.05) is 42.5 Å². The lowest BCUT2D eigenvalue weighted by molar-refractivity contribution is 0.374. The molecule has 8 heteroatoms. The van der Waals surface area contributed by atoms with Crippen molar-refractivity contribution in [2.45, 2.75) is 6.54 Å². The summed E-state index contributed by atoms with van der Waals surface area (Å²) < 4.78 is 16.9. The molecule has 0 aliphatic heterocycles. The number of hydrogen-bond donors (Lipinski definition) is 0. The van der Waals surface area contributed by atoms with Gasteiger partial charge in [-0.1, -0.05) is 35.5 Å². The number of methoxy groups -OCH3 is 1. The van der Waals surface area contributed by atoms with E-state index in [2.05, 4.69) is 15.4 Å². The number of hydrogen-bond acceptors (Lipinski definition) is 7. The van der Waals surface area contributed by atoms with Crippen LogP contribution < -0.4 is 10.5 Å². The molecule has 130 valence electrons. The Labute approximate surface area is 147 Å². The molecule has 4 aromatic rings. The first kappa shape index (κ1) is 15.8. The van der Waals surface area contributed by atoms with Crippen LogP contribution >= 0.6 is 0 Å². The maximum absolute atomic E-state index is 12.0. The van der Waals surface area contributed by atoms with Crippen LogP contribution in [0.25, 0.3) is 22.8 Å². The Hall–Kier alpha value is -3.68. The molecule has 4 rings (SSSR count). The molecular weight excluding hydrogens is 336 g/mol. The average molecular weight is 350 g/mol. The van der Waals surface area contributed by atoms with E-state index < -0.39 is 5.76 Å². The normalized spacial score (nSPS) is 10.8. The van der Waals surface area contributed by atoms with Gasteiger partial charge in [-0.25, -0.2) is 9.36 Å². The molecule has 0 saturated carbocycles. The fourth-order valence-corrected chi connectivity index (χ4v) is 2.51. The number of ether oxygens (including phenoxy) is 1. The van der Waals surface area contributed by atoms with Crippen LogP contribution in [-0.4, -0.2) is 27.0 Å². The lowest BCUT2D eigenvalue weighted by Gasteiger charge is -2.01. The Morgan fingerprint density at radius 3 is 2.50 bits per heavy atom. The molecule has 2 aromatic carbocycles. The first-order valence-electron chi connectivity index (χ1n) is 7.83. The number of benzene rings is 2. The highest BCUT2D eigenvalue weighted by molar-refractivity contribution is 5.55. The SMILES string of the molecule is COc1ccc(-c2nnc(Cn3c(-c4ccccc4)noc3=O)o2)cc1. The molecular formula is C18H14N4O4. The van der Waals surface area contributed by atoms with Gasteiger partial charge in [0.25, 0.3) is 0 Å². The number of nitrogens with zero attached hydrogens (tertiary/aromatic N) is 4. The van der Waals surface area contributed by atoms with Crippen molar-refractivity contribution in [3.63, 3.8) is 0 Å². The van der Waals surface area contributed by atoms with Crippen LogP contribution in [-0.2, 0) is 6.54 Å². The summed E-state index contributed by atoms with van der Waals surface area (Å²) in [4.78, 5) is 12.0. The van der Waals surface area contributed by atoms with Gasteiger partial charge in [0.2, 0.25) is 11.8 Å². The van der Waals surface area contributed by atoms with Crippen molar-refractivity contribution in [1.82, 2.24) is 19.9 Å². The van der Waals surface area contributed by atoms with Crippen LogP contribution in [0.5, 0.6) is 5.75 Å². The lowest BCUT2D eigenvalue weighted by Crippen LogP contribution is -2.16. The molecule has 0 fully saturated rings. The number of aromatic nitrogens is 4. The van der Waals surface area contributed by atoms with E-state index in [0.717, 1.165) is 16.9 Å². The first-order valence-corrected chi connectivity index (χ1v) is 7.83. The van der Waals surface area contributed by atoms with Crippen LogP contribution in [0.3, 0.4) is 0 Å². The summed E-state index contributed by atoms with van der Waals surface area (Å²) in [7, 11) is 1.60. The molecule has 0 radical (unpaired) electrons. The van der Waals surface area contributed by atoms with Crippen LogP contribution in [0.1, 0.15) is 5.89 Å². The zero-order valence-electron chi connectivity index (χ0n) is 13.8. The van der Waals surface area contributed by atoms with E-state index in [0.29, 0.717) is 11.7 Å². The van der Waals surface area contributed by atoms with Gasteiger partial charge in [-0.2, -0.15) is 0 Å².